The van der Waals surface area contributed by atoms with E-state index in [4.69, 9.17) is 16.7 Å². The quantitative estimate of drug-likeness (QED) is 0.631. The Morgan fingerprint density at radius 1 is 1.31 bits per heavy atom. The molecule has 0 saturated heterocycles. The van der Waals surface area contributed by atoms with Crippen LogP contribution < -0.4 is 0 Å². The molecular formula is C11H11ClO4. The van der Waals surface area contributed by atoms with E-state index in [0.29, 0.717) is 5.56 Å². The highest BCUT2D eigenvalue weighted by atomic mass is 35.5. The molecule has 0 unspecified atom stereocenters. The molecule has 0 bridgehead atoms. The van der Waals surface area contributed by atoms with Gasteiger partial charge in [0.2, 0.25) is 0 Å². The minimum absolute atomic E-state index is 0.0178. The van der Waals surface area contributed by atoms with Crippen LogP contribution in [-0.2, 0) is 4.79 Å². The summed E-state index contributed by atoms with van der Waals surface area (Å²) in [7, 11) is 0. The second-order valence-electron chi connectivity index (χ2n) is 3.69. The summed E-state index contributed by atoms with van der Waals surface area (Å²) in [5, 5.41) is 18.1. The van der Waals surface area contributed by atoms with E-state index in [1.165, 1.54) is 12.1 Å². The fraction of sp³-hybridized carbons (Fsp3) is 0.273. The summed E-state index contributed by atoms with van der Waals surface area (Å²) in [6, 6.07) is 2.86. The number of phenolic OH excluding ortho intramolecular Hbond substituents is 1. The highest BCUT2D eigenvalue weighted by Gasteiger charge is 2.21. The maximum absolute atomic E-state index is 11.3. The lowest BCUT2D eigenvalue weighted by molar-refractivity contribution is -0.131. The van der Waals surface area contributed by atoms with Gasteiger partial charge in [0.15, 0.2) is 0 Å². The minimum atomic E-state index is -1.62. The molecule has 0 radical (unpaired) electrons. The molecule has 0 heterocycles. The van der Waals surface area contributed by atoms with E-state index in [9.17, 15) is 14.7 Å². The molecule has 2 N–H and O–H groups in total. The van der Waals surface area contributed by atoms with Crippen molar-refractivity contribution in [1.29, 1.82) is 0 Å². The zero-order valence-corrected chi connectivity index (χ0v) is 9.58. The molecule has 0 spiro atoms. The molecule has 0 atom stereocenters. The maximum Gasteiger partial charge on any atom is 0.377 e. The average Bonchev–Trinajstić information content (AvgIpc) is 2.20. The van der Waals surface area contributed by atoms with Gasteiger partial charge >= 0.3 is 5.97 Å². The van der Waals surface area contributed by atoms with Crippen LogP contribution in [0.5, 0.6) is 5.75 Å². The zero-order valence-electron chi connectivity index (χ0n) is 8.82. The average molecular weight is 243 g/mol. The molecule has 0 aliphatic rings. The first kappa shape index (κ1) is 12.5. The number of carbonyl (C=O) groups excluding carboxylic acids is 1. The van der Waals surface area contributed by atoms with Crippen molar-refractivity contribution in [3.8, 4) is 5.75 Å². The van der Waals surface area contributed by atoms with Crippen LogP contribution in [0.4, 0.5) is 0 Å². The fourth-order valence-corrected chi connectivity index (χ4v) is 1.47. The molecule has 1 aromatic carbocycles. The number of ketones is 1. The summed E-state index contributed by atoms with van der Waals surface area (Å²) in [6.07, 6.45) is 0. The molecule has 1 aromatic rings. The number of carboxylic acids is 1. The maximum atomic E-state index is 11.3. The predicted octanol–water partition coefficient (Wildman–Crippen LogP) is 2.44. The van der Waals surface area contributed by atoms with Gasteiger partial charge in [0.05, 0.1) is 10.6 Å². The van der Waals surface area contributed by atoms with Gasteiger partial charge in [0.25, 0.3) is 5.78 Å². The third-order valence-electron chi connectivity index (χ3n) is 2.19. The number of rotatable bonds is 3. The van der Waals surface area contributed by atoms with Crippen molar-refractivity contribution in [2.45, 2.75) is 19.8 Å². The van der Waals surface area contributed by atoms with Crippen molar-refractivity contribution < 1.29 is 19.8 Å². The lowest BCUT2D eigenvalue weighted by atomic mass is 9.98. The van der Waals surface area contributed by atoms with Crippen molar-refractivity contribution in [3.05, 3.63) is 28.3 Å². The van der Waals surface area contributed by atoms with Crippen LogP contribution in [0.15, 0.2) is 12.1 Å². The summed E-state index contributed by atoms with van der Waals surface area (Å²) >= 11 is 5.72. The largest absolute Gasteiger partial charge is 0.506 e. The fourth-order valence-electron chi connectivity index (χ4n) is 1.24. The monoisotopic (exact) mass is 242 g/mol. The molecule has 0 aliphatic heterocycles. The summed E-state index contributed by atoms with van der Waals surface area (Å²) in [4.78, 5) is 21.8. The Labute approximate surface area is 97.5 Å². The summed E-state index contributed by atoms with van der Waals surface area (Å²) < 4.78 is 0. The smallest absolute Gasteiger partial charge is 0.377 e. The Balaban J connectivity index is 3.38. The third kappa shape index (κ3) is 2.33. The standard InChI is InChI=1S/C11H11ClO4/c1-5(2)6-3-7(10(14)11(15)16)9(13)8(12)4-6/h3-5,13H,1-2H3,(H,15,16). The Bertz CT molecular complexity index is 452. The van der Waals surface area contributed by atoms with Gasteiger partial charge in [-0.05, 0) is 23.6 Å². The van der Waals surface area contributed by atoms with Crippen LogP contribution in [0.2, 0.25) is 5.02 Å². The number of aromatic hydroxyl groups is 1. The molecule has 1 rings (SSSR count). The highest BCUT2D eigenvalue weighted by molar-refractivity contribution is 6.42. The number of hydrogen-bond acceptors (Lipinski definition) is 3. The number of phenols is 1. The summed E-state index contributed by atoms with van der Waals surface area (Å²) in [5.41, 5.74) is 0.427. The van der Waals surface area contributed by atoms with Gasteiger partial charge in [-0.2, -0.15) is 0 Å². The Kier molecular flexibility index (Phi) is 3.55. The molecule has 86 valence electrons. The molecule has 4 nitrogen and oxygen atoms in total. The normalized spacial score (nSPS) is 10.5. The first-order valence-electron chi connectivity index (χ1n) is 4.64. The topological polar surface area (TPSA) is 74.6 Å². The number of hydrogen-bond donors (Lipinski definition) is 2. The first-order valence-corrected chi connectivity index (χ1v) is 5.02. The first-order chi connectivity index (χ1) is 7.34. The van der Waals surface area contributed by atoms with Gasteiger partial charge in [-0.15, -0.1) is 0 Å². The minimum Gasteiger partial charge on any atom is -0.506 e. The van der Waals surface area contributed by atoms with Gasteiger partial charge in [0, 0.05) is 0 Å². The second-order valence-corrected chi connectivity index (χ2v) is 4.10. The van der Waals surface area contributed by atoms with Gasteiger partial charge in [-0.3, -0.25) is 4.79 Å². The van der Waals surface area contributed by atoms with Crippen molar-refractivity contribution in [1.82, 2.24) is 0 Å². The van der Waals surface area contributed by atoms with Crippen molar-refractivity contribution in [2.75, 3.05) is 0 Å². The van der Waals surface area contributed by atoms with Gasteiger partial charge in [0.1, 0.15) is 5.75 Å². The van der Waals surface area contributed by atoms with Crippen LogP contribution in [0.3, 0.4) is 0 Å². The molecule has 0 saturated carbocycles. The summed E-state index contributed by atoms with van der Waals surface area (Å²) in [6.45, 7) is 3.75. The Morgan fingerprint density at radius 3 is 2.31 bits per heavy atom. The van der Waals surface area contributed by atoms with E-state index < -0.39 is 17.5 Å². The number of benzene rings is 1. The van der Waals surface area contributed by atoms with E-state index >= 15 is 0 Å². The van der Waals surface area contributed by atoms with Crippen LogP contribution >= 0.6 is 11.6 Å². The highest BCUT2D eigenvalue weighted by Crippen LogP contribution is 2.32. The van der Waals surface area contributed by atoms with E-state index in [1.807, 2.05) is 13.8 Å². The SMILES string of the molecule is CC(C)c1cc(Cl)c(O)c(C(=O)C(=O)O)c1. The number of halogens is 1. The van der Waals surface area contributed by atoms with E-state index in [1.54, 1.807) is 0 Å². The van der Waals surface area contributed by atoms with E-state index in [2.05, 4.69) is 0 Å². The molecule has 0 amide bonds. The molecule has 0 fully saturated rings. The van der Waals surface area contributed by atoms with Crippen LogP contribution in [0.25, 0.3) is 0 Å². The van der Waals surface area contributed by atoms with Gasteiger partial charge < -0.3 is 10.2 Å². The number of carboxylic acid groups (broad SMARTS) is 1. The van der Waals surface area contributed by atoms with Crippen molar-refractivity contribution in [3.63, 3.8) is 0 Å². The van der Waals surface area contributed by atoms with Crippen molar-refractivity contribution >= 4 is 23.4 Å². The van der Waals surface area contributed by atoms with Gasteiger partial charge in [-0.1, -0.05) is 25.4 Å². The van der Waals surface area contributed by atoms with Gasteiger partial charge in [-0.25, -0.2) is 4.79 Å². The molecule has 5 heteroatoms. The van der Waals surface area contributed by atoms with Crippen molar-refractivity contribution in [2.24, 2.45) is 0 Å². The third-order valence-corrected chi connectivity index (χ3v) is 2.48. The Hall–Kier alpha value is -1.55. The van der Waals surface area contributed by atoms with E-state index in [-0.39, 0.29) is 16.5 Å². The number of carbonyl (C=O) groups is 2. The molecule has 0 aliphatic carbocycles. The zero-order chi connectivity index (χ0) is 12.5. The Morgan fingerprint density at radius 2 is 1.88 bits per heavy atom. The second kappa shape index (κ2) is 4.53. The lowest BCUT2D eigenvalue weighted by Gasteiger charge is -2.10. The number of Topliss-reactive ketones (excluding diaryl/α,β-unsaturated/α-hetero) is 1. The lowest BCUT2D eigenvalue weighted by Crippen LogP contribution is -2.13. The molecular weight excluding hydrogens is 232 g/mol. The molecule has 0 aromatic heterocycles. The van der Waals surface area contributed by atoms with E-state index in [0.717, 1.165) is 0 Å². The number of aliphatic carboxylic acids is 1. The predicted molar refractivity (Wildman–Crippen MR) is 59.2 cm³/mol. The summed E-state index contributed by atoms with van der Waals surface area (Å²) in [5.74, 6) is -3.19. The molecule has 16 heavy (non-hydrogen) atoms. The van der Waals surface area contributed by atoms with Crippen LogP contribution in [0.1, 0.15) is 35.7 Å². The van der Waals surface area contributed by atoms with Crippen LogP contribution in [-0.4, -0.2) is 22.0 Å². The van der Waals surface area contributed by atoms with Crippen LogP contribution in [0, 0.1) is 0 Å².